The number of aromatic nitrogens is 2. The fourth-order valence-corrected chi connectivity index (χ4v) is 2.34. The second kappa shape index (κ2) is 7.72. The molecule has 0 bridgehead atoms. The van der Waals surface area contributed by atoms with Crippen LogP contribution in [0.2, 0.25) is 5.02 Å². The Morgan fingerprint density at radius 2 is 1.64 bits per heavy atom. The summed E-state index contributed by atoms with van der Waals surface area (Å²) in [4.78, 5) is 12.1. The molecule has 0 fully saturated rings. The van der Waals surface area contributed by atoms with E-state index in [9.17, 15) is 9.18 Å². The minimum absolute atomic E-state index is 0.276. The summed E-state index contributed by atoms with van der Waals surface area (Å²) >= 11 is 5.99. The fraction of sp³-hybridized carbons (Fsp3) is 0.0556. The smallest absolute Gasteiger partial charge is 0.258 e. The number of carbonyl (C=O) groups is 1. The Kier molecular flexibility index (Phi) is 5.20. The zero-order valence-electron chi connectivity index (χ0n) is 13.0. The standard InChI is InChI=1S/C18H14ClFN4O/c19-15-4-2-1-3-14(15)18(25)22-17-10-9-16(23-24-17)21-11-12-5-7-13(20)8-6-12/h1-10H,11H2,(H,21,23)(H,22,24,25). The van der Waals surface area contributed by atoms with Crippen LogP contribution in [0.3, 0.4) is 0 Å². The summed E-state index contributed by atoms with van der Waals surface area (Å²) in [5, 5.41) is 14.0. The van der Waals surface area contributed by atoms with Crippen molar-refractivity contribution < 1.29 is 9.18 Å². The number of halogens is 2. The third-order valence-corrected chi connectivity index (χ3v) is 3.74. The van der Waals surface area contributed by atoms with Gasteiger partial charge in [-0.2, -0.15) is 0 Å². The highest BCUT2D eigenvalue weighted by Crippen LogP contribution is 2.16. The van der Waals surface area contributed by atoms with Crippen LogP contribution in [0.1, 0.15) is 15.9 Å². The van der Waals surface area contributed by atoms with Crippen LogP contribution in [-0.4, -0.2) is 16.1 Å². The van der Waals surface area contributed by atoms with E-state index in [1.807, 2.05) is 0 Å². The molecule has 1 heterocycles. The van der Waals surface area contributed by atoms with Gasteiger partial charge in [0.2, 0.25) is 0 Å². The molecule has 1 amide bonds. The van der Waals surface area contributed by atoms with E-state index >= 15 is 0 Å². The molecular formula is C18H14ClFN4O. The first-order chi connectivity index (χ1) is 12.1. The van der Waals surface area contributed by atoms with E-state index in [1.165, 1.54) is 12.1 Å². The van der Waals surface area contributed by atoms with Crippen molar-refractivity contribution in [1.82, 2.24) is 10.2 Å². The van der Waals surface area contributed by atoms with Crippen LogP contribution in [0.15, 0.2) is 60.7 Å². The van der Waals surface area contributed by atoms with Crippen LogP contribution < -0.4 is 10.6 Å². The van der Waals surface area contributed by atoms with Gasteiger partial charge in [-0.1, -0.05) is 35.9 Å². The number of amides is 1. The number of anilines is 2. The number of nitrogens with zero attached hydrogens (tertiary/aromatic N) is 2. The lowest BCUT2D eigenvalue weighted by Gasteiger charge is -2.07. The van der Waals surface area contributed by atoms with Gasteiger partial charge in [0.05, 0.1) is 10.6 Å². The largest absolute Gasteiger partial charge is 0.365 e. The molecule has 0 spiro atoms. The Labute approximate surface area is 148 Å². The summed E-state index contributed by atoms with van der Waals surface area (Å²) in [5.41, 5.74) is 1.28. The molecule has 0 unspecified atom stereocenters. The van der Waals surface area contributed by atoms with Gasteiger partial charge in [-0.25, -0.2) is 4.39 Å². The molecule has 2 aromatic carbocycles. The summed E-state index contributed by atoms with van der Waals surface area (Å²) in [6.45, 7) is 0.486. The second-order valence-corrected chi connectivity index (χ2v) is 5.63. The first kappa shape index (κ1) is 16.9. The van der Waals surface area contributed by atoms with Gasteiger partial charge < -0.3 is 10.6 Å². The SMILES string of the molecule is O=C(Nc1ccc(NCc2ccc(F)cc2)nn1)c1ccccc1Cl. The predicted octanol–water partition coefficient (Wildman–Crippen LogP) is 4.13. The highest BCUT2D eigenvalue weighted by molar-refractivity contribution is 6.34. The van der Waals surface area contributed by atoms with Crippen LogP contribution >= 0.6 is 11.6 Å². The molecule has 2 N–H and O–H groups in total. The third-order valence-electron chi connectivity index (χ3n) is 3.41. The number of hydrogen-bond acceptors (Lipinski definition) is 4. The van der Waals surface area contributed by atoms with Gasteiger partial charge in [-0.3, -0.25) is 4.79 Å². The summed E-state index contributed by atoms with van der Waals surface area (Å²) in [6.07, 6.45) is 0. The van der Waals surface area contributed by atoms with Crippen molar-refractivity contribution in [3.63, 3.8) is 0 Å². The van der Waals surface area contributed by atoms with Gasteiger partial charge in [0.15, 0.2) is 5.82 Å². The van der Waals surface area contributed by atoms with Crippen LogP contribution in [0.5, 0.6) is 0 Å². The molecule has 5 nitrogen and oxygen atoms in total. The van der Waals surface area contributed by atoms with Gasteiger partial charge in [0.25, 0.3) is 5.91 Å². The average molecular weight is 357 g/mol. The van der Waals surface area contributed by atoms with E-state index in [-0.39, 0.29) is 11.7 Å². The van der Waals surface area contributed by atoms with Crippen molar-refractivity contribution in [2.75, 3.05) is 10.6 Å². The molecule has 126 valence electrons. The van der Waals surface area contributed by atoms with Gasteiger partial charge in [-0.05, 0) is 42.0 Å². The molecule has 7 heteroatoms. The quantitative estimate of drug-likeness (QED) is 0.721. The van der Waals surface area contributed by atoms with E-state index in [0.717, 1.165) is 5.56 Å². The van der Waals surface area contributed by atoms with Crippen LogP contribution in [0.25, 0.3) is 0 Å². The summed E-state index contributed by atoms with van der Waals surface area (Å²) in [7, 11) is 0. The Morgan fingerprint density at radius 3 is 2.32 bits per heavy atom. The van der Waals surface area contributed by atoms with Gasteiger partial charge in [0.1, 0.15) is 11.6 Å². The highest BCUT2D eigenvalue weighted by atomic mass is 35.5. The molecule has 0 aliphatic rings. The fourth-order valence-electron chi connectivity index (χ4n) is 2.12. The number of nitrogens with one attached hydrogen (secondary N) is 2. The lowest BCUT2D eigenvalue weighted by atomic mass is 10.2. The van der Waals surface area contributed by atoms with Crippen LogP contribution in [-0.2, 0) is 6.54 Å². The van der Waals surface area contributed by atoms with Crippen molar-refractivity contribution >= 4 is 29.1 Å². The van der Waals surface area contributed by atoms with E-state index in [4.69, 9.17) is 11.6 Å². The average Bonchev–Trinajstić information content (AvgIpc) is 2.63. The van der Waals surface area contributed by atoms with Crippen molar-refractivity contribution in [3.8, 4) is 0 Å². The molecule has 3 rings (SSSR count). The molecule has 1 aromatic heterocycles. The first-order valence-corrected chi connectivity index (χ1v) is 7.87. The van der Waals surface area contributed by atoms with Crippen LogP contribution in [0, 0.1) is 5.82 Å². The minimum atomic E-state index is -0.355. The molecule has 0 saturated carbocycles. The lowest BCUT2D eigenvalue weighted by Crippen LogP contribution is -2.14. The zero-order chi connectivity index (χ0) is 17.6. The maximum atomic E-state index is 12.9. The lowest BCUT2D eigenvalue weighted by molar-refractivity contribution is 0.102. The maximum absolute atomic E-state index is 12.9. The summed E-state index contributed by atoms with van der Waals surface area (Å²) < 4.78 is 12.9. The van der Waals surface area contributed by atoms with E-state index in [0.29, 0.717) is 28.8 Å². The molecule has 0 atom stereocenters. The Morgan fingerprint density at radius 1 is 0.960 bits per heavy atom. The Hall–Kier alpha value is -2.99. The summed E-state index contributed by atoms with van der Waals surface area (Å²) in [6, 6.07) is 16.3. The van der Waals surface area contributed by atoms with Crippen molar-refractivity contribution in [2.45, 2.75) is 6.54 Å². The molecule has 0 aliphatic carbocycles. The van der Waals surface area contributed by atoms with E-state index < -0.39 is 0 Å². The van der Waals surface area contributed by atoms with Crippen molar-refractivity contribution in [3.05, 3.63) is 82.6 Å². The van der Waals surface area contributed by atoms with Crippen molar-refractivity contribution in [2.24, 2.45) is 0 Å². The normalized spacial score (nSPS) is 10.3. The van der Waals surface area contributed by atoms with E-state index in [2.05, 4.69) is 20.8 Å². The number of carbonyl (C=O) groups excluding carboxylic acids is 1. The molecule has 25 heavy (non-hydrogen) atoms. The summed E-state index contributed by atoms with van der Waals surface area (Å²) in [5.74, 6) is 0.228. The monoisotopic (exact) mass is 356 g/mol. The highest BCUT2D eigenvalue weighted by Gasteiger charge is 2.10. The predicted molar refractivity (Wildman–Crippen MR) is 95.2 cm³/mol. The van der Waals surface area contributed by atoms with Crippen LogP contribution in [0.4, 0.5) is 16.0 Å². The number of rotatable bonds is 5. The number of benzene rings is 2. The number of hydrogen-bond donors (Lipinski definition) is 2. The maximum Gasteiger partial charge on any atom is 0.258 e. The minimum Gasteiger partial charge on any atom is -0.365 e. The first-order valence-electron chi connectivity index (χ1n) is 7.50. The second-order valence-electron chi connectivity index (χ2n) is 5.22. The van der Waals surface area contributed by atoms with Gasteiger partial charge >= 0.3 is 0 Å². The van der Waals surface area contributed by atoms with Crippen molar-refractivity contribution in [1.29, 1.82) is 0 Å². The third kappa shape index (κ3) is 4.51. The van der Waals surface area contributed by atoms with E-state index in [1.54, 1.807) is 48.5 Å². The Bertz CT molecular complexity index is 869. The molecule has 0 aliphatic heterocycles. The zero-order valence-corrected chi connectivity index (χ0v) is 13.8. The Balaban J connectivity index is 1.59. The molecule has 0 saturated heterocycles. The molecular weight excluding hydrogens is 343 g/mol. The molecule has 0 radical (unpaired) electrons. The van der Waals surface area contributed by atoms with Gasteiger partial charge in [0, 0.05) is 6.54 Å². The van der Waals surface area contributed by atoms with Gasteiger partial charge in [-0.15, -0.1) is 10.2 Å². The molecule has 3 aromatic rings. The topological polar surface area (TPSA) is 66.9 Å².